The van der Waals surface area contributed by atoms with Gasteiger partial charge in [-0.3, -0.25) is 0 Å². The van der Waals surface area contributed by atoms with Gasteiger partial charge in [-0.05, 0) is 25.0 Å². The summed E-state index contributed by atoms with van der Waals surface area (Å²) < 4.78 is 5.06. The second-order valence-corrected chi connectivity index (χ2v) is 4.97. The van der Waals surface area contributed by atoms with Crippen LogP contribution in [-0.4, -0.2) is 28.2 Å². The first-order valence-corrected chi connectivity index (χ1v) is 6.67. The maximum Gasteiger partial charge on any atom is 0.223 e. The fraction of sp³-hybridized carbons (Fsp3) is 0.429. The van der Waals surface area contributed by atoms with Crippen molar-refractivity contribution in [1.82, 2.24) is 15.1 Å². The van der Waals surface area contributed by atoms with E-state index < -0.39 is 0 Å². The fourth-order valence-electron chi connectivity index (χ4n) is 2.52. The molecule has 2 aromatic rings. The molecule has 3 heterocycles. The van der Waals surface area contributed by atoms with Crippen LogP contribution in [0.1, 0.15) is 36.0 Å². The minimum Gasteiger partial charge on any atom is -0.356 e. The summed E-state index contributed by atoms with van der Waals surface area (Å²) in [5.74, 6) is 2.56. The molecule has 20 heavy (non-hydrogen) atoms. The lowest BCUT2D eigenvalue weighted by Gasteiger charge is -2.32. The lowest BCUT2D eigenvalue weighted by Crippen LogP contribution is -2.35. The molecule has 0 radical (unpaired) electrons. The van der Waals surface area contributed by atoms with E-state index in [9.17, 15) is 0 Å². The van der Waals surface area contributed by atoms with Gasteiger partial charge in [0, 0.05) is 32.1 Å². The predicted molar refractivity (Wildman–Crippen MR) is 72.2 cm³/mol. The zero-order valence-corrected chi connectivity index (χ0v) is 11.3. The average Bonchev–Trinajstić information content (AvgIpc) is 2.94. The Bertz CT molecular complexity index is 628. The van der Waals surface area contributed by atoms with Crippen LogP contribution in [0.15, 0.2) is 22.9 Å². The number of anilines is 1. The van der Waals surface area contributed by atoms with E-state index in [0.717, 1.165) is 37.6 Å². The van der Waals surface area contributed by atoms with Crippen LogP contribution >= 0.6 is 0 Å². The quantitative estimate of drug-likeness (QED) is 0.830. The lowest BCUT2D eigenvalue weighted by atomic mass is 9.97. The van der Waals surface area contributed by atoms with Crippen molar-refractivity contribution in [3.63, 3.8) is 0 Å². The molecule has 0 aliphatic carbocycles. The molecule has 1 aliphatic heterocycles. The molecule has 1 aliphatic rings. The Labute approximate surface area is 117 Å². The van der Waals surface area contributed by atoms with Crippen molar-refractivity contribution >= 4 is 5.82 Å². The van der Waals surface area contributed by atoms with Crippen LogP contribution in [0, 0.1) is 18.3 Å². The van der Waals surface area contributed by atoms with Crippen molar-refractivity contribution in [3.8, 4) is 6.07 Å². The standard InChI is InChI=1S/C14H15N5O/c1-10-17-14(18-20-10)12-3-2-6-19(9-12)13-5-4-11(7-15)8-16-13/h4-5,8,12H,2-3,6,9H2,1H3/t12-/m0/s1. The topological polar surface area (TPSA) is 78.8 Å². The molecule has 0 bridgehead atoms. The number of pyridine rings is 1. The zero-order valence-electron chi connectivity index (χ0n) is 11.3. The molecule has 0 aromatic carbocycles. The molecule has 0 amide bonds. The normalized spacial score (nSPS) is 18.8. The summed E-state index contributed by atoms with van der Waals surface area (Å²) in [6, 6.07) is 5.77. The molecule has 0 unspecified atom stereocenters. The first kappa shape index (κ1) is 12.6. The molecule has 1 saturated heterocycles. The molecular weight excluding hydrogens is 254 g/mol. The predicted octanol–water partition coefficient (Wildman–Crippen LogP) is 2.03. The van der Waals surface area contributed by atoms with Crippen molar-refractivity contribution in [2.45, 2.75) is 25.7 Å². The third-order valence-corrected chi connectivity index (χ3v) is 3.53. The number of hydrogen-bond acceptors (Lipinski definition) is 6. The van der Waals surface area contributed by atoms with E-state index in [-0.39, 0.29) is 5.92 Å². The first-order chi connectivity index (χ1) is 9.76. The van der Waals surface area contributed by atoms with E-state index in [1.165, 1.54) is 0 Å². The summed E-state index contributed by atoms with van der Waals surface area (Å²) in [5.41, 5.74) is 0.580. The van der Waals surface area contributed by atoms with E-state index >= 15 is 0 Å². The average molecular weight is 269 g/mol. The van der Waals surface area contributed by atoms with E-state index in [0.29, 0.717) is 11.5 Å². The van der Waals surface area contributed by atoms with Gasteiger partial charge in [-0.2, -0.15) is 10.2 Å². The Morgan fingerprint density at radius 2 is 2.35 bits per heavy atom. The third-order valence-electron chi connectivity index (χ3n) is 3.53. The Hall–Kier alpha value is -2.42. The molecule has 0 spiro atoms. The second kappa shape index (κ2) is 5.29. The van der Waals surface area contributed by atoms with E-state index in [1.54, 1.807) is 19.2 Å². The molecular formula is C14H15N5O. The van der Waals surface area contributed by atoms with Crippen molar-refractivity contribution in [1.29, 1.82) is 5.26 Å². The smallest absolute Gasteiger partial charge is 0.223 e. The van der Waals surface area contributed by atoms with Crippen LogP contribution in [0.4, 0.5) is 5.82 Å². The van der Waals surface area contributed by atoms with Crippen LogP contribution in [-0.2, 0) is 0 Å². The molecule has 1 fully saturated rings. The maximum atomic E-state index is 8.80. The van der Waals surface area contributed by atoms with Gasteiger partial charge in [0.1, 0.15) is 11.9 Å². The number of aromatic nitrogens is 3. The lowest BCUT2D eigenvalue weighted by molar-refractivity contribution is 0.376. The number of aryl methyl sites for hydroxylation is 1. The number of hydrogen-bond donors (Lipinski definition) is 0. The van der Waals surface area contributed by atoms with Crippen LogP contribution in [0.5, 0.6) is 0 Å². The zero-order chi connectivity index (χ0) is 13.9. The molecule has 0 saturated carbocycles. The molecule has 6 heteroatoms. The molecule has 0 N–H and O–H groups in total. The molecule has 1 atom stereocenters. The fourth-order valence-corrected chi connectivity index (χ4v) is 2.52. The first-order valence-electron chi connectivity index (χ1n) is 6.67. The van der Waals surface area contributed by atoms with Gasteiger partial charge in [-0.1, -0.05) is 5.16 Å². The monoisotopic (exact) mass is 269 g/mol. The van der Waals surface area contributed by atoms with Gasteiger partial charge in [0.05, 0.1) is 5.56 Å². The SMILES string of the molecule is Cc1nc([C@H]2CCCN(c3ccc(C#N)cn3)C2)no1. The molecule has 102 valence electrons. The minimum absolute atomic E-state index is 0.277. The van der Waals surface area contributed by atoms with Crippen LogP contribution in [0.2, 0.25) is 0 Å². The minimum atomic E-state index is 0.277. The van der Waals surface area contributed by atoms with Gasteiger partial charge < -0.3 is 9.42 Å². The summed E-state index contributed by atoms with van der Waals surface area (Å²) in [4.78, 5) is 10.9. The summed E-state index contributed by atoms with van der Waals surface area (Å²) in [6.45, 7) is 3.60. The highest BCUT2D eigenvalue weighted by Crippen LogP contribution is 2.27. The molecule has 2 aromatic heterocycles. The Morgan fingerprint density at radius 1 is 1.45 bits per heavy atom. The largest absolute Gasteiger partial charge is 0.356 e. The van der Waals surface area contributed by atoms with Crippen molar-refractivity contribution < 1.29 is 4.52 Å². The number of nitrogens with zero attached hydrogens (tertiary/aromatic N) is 5. The number of nitriles is 1. The summed E-state index contributed by atoms with van der Waals surface area (Å²) in [5, 5.41) is 12.8. The second-order valence-electron chi connectivity index (χ2n) is 4.97. The molecule has 6 nitrogen and oxygen atoms in total. The summed E-state index contributed by atoms with van der Waals surface area (Å²) >= 11 is 0. The third kappa shape index (κ3) is 2.48. The Balaban J connectivity index is 1.76. The highest BCUT2D eigenvalue weighted by Gasteiger charge is 2.25. The Morgan fingerprint density at radius 3 is 3.00 bits per heavy atom. The van der Waals surface area contributed by atoms with E-state index in [4.69, 9.17) is 9.78 Å². The van der Waals surface area contributed by atoms with Crippen molar-refractivity contribution in [2.24, 2.45) is 0 Å². The van der Waals surface area contributed by atoms with Gasteiger partial charge in [-0.25, -0.2) is 4.98 Å². The van der Waals surface area contributed by atoms with Gasteiger partial charge in [0.15, 0.2) is 5.82 Å². The highest BCUT2D eigenvalue weighted by atomic mass is 16.5. The van der Waals surface area contributed by atoms with Crippen molar-refractivity contribution in [3.05, 3.63) is 35.6 Å². The Kier molecular flexibility index (Phi) is 3.33. The highest BCUT2D eigenvalue weighted by molar-refractivity contribution is 5.42. The van der Waals surface area contributed by atoms with Gasteiger partial charge in [-0.15, -0.1) is 0 Å². The molecule has 3 rings (SSSR count). The van der Waals surface area contributed by atoms with Crippen LogP contribution < -0.4 is 4.90 Å². The number of rotatable bonds is 2. The van der Waals surface area contributed by atoms with Crippen LogP contribution in [0.3, 0.4) is 0 Å². The van der Waals surface area contributed by atoms with E-state index in [2.05, 4.69) is 26.1 Å². The summed E-state index contributed by atoms with van der Waals surface area (Å²) in [6.07, 6.45) is 3.74. The van der Waals surface area contributed by atoms with Gasteiger partial charge >= 0.3 is 0 Å². The van der Waals surface area contributed by atoms with Gasteiger partial charge in [0.25, 0.3) is 0 Å². The van der Waals surface area contributed by atoms with Crippen molar-refractivity contribution in [2.75, 3.05) is 18.0 Å². The van der Waals surface area contributed by atoms with E-state index in [1.807, 2.05) is 6.07 Å². The number of piperidine rings is 1. The van der Waals surface area contributed by atoms with Gasteiger partial charge in [0.2, 0.25) is 5.89 Å². The van der Waals surface area contributed by atoms with Crippen LogP contribution in [0.25, 0.3) is 0 Å². The summed E-state index contributed by atoms with van der Waals surface area (Å²) in [7, 11) is 0. The maximum absolute atomic E-state index is 8.80.